The second-order valence-electron chi connectivity index (χ2n) is 21.0. The van der Waals surface area contributed by atoms with Gasteiger partial charge in [0.25, 0.3) is 0 Å². The predicted octanol–water partition coefficient (Wildman–Crippen LogP) is 20.3. The Morgan fingerprint density at radius 3 is 0.597 bits per heavy atom. The standard InChI is InChI=1S/C61H118O6/c1-4-7-10-13-16-18-19-20-21-22-23-24-25-26-27-28-29-30-31-32-33-34-35-36-37-38-39-40-41-42-44-45-48-51-54-60(63)66-57-58(56-65-59(62)53-50-47-15-12-9-6-3)67-61(64)55-52-49-46-43-17-14-11-8-5-2/h58H,4-57H2,1-3H3. The van der Waals surface area contributed by atoms with E-state index >= 15 is 0 Å². The summed E-state index contributed by atoms with van der Waals surface area (Å²) < 4.78 is 16.7. The van der Waals surface area contributed by atoms with Crippen LogP contribution in [-0.2, 0) is 28.6 Å². The summed E-state index contributed by atoms with van der Waals surface area (Å²) in [5.41, 5.74) is 0. The minimum absolute atomic E-state index is 0.0632. The summed E-state index contributed by atoms with van der Waals surface area (Å²) in [5.74, 6) is -0.856. The first kappa shape index (κ1) is 65.4. The molecule has 0 amide bonds. The van der Waals surface area contributed by atoms with Crippen LogP contribution in [0.5, 0.6) is 0 Å². The van der Waals surface area contributed by atoms with Crippen molar-refractivity contribution in [2.24, 2.45) is 0 Å². The van der Waals surface area contributed by atoms with Crippen LogP contribution in [0.3, 0.4) is 0 Å². The van der Waals surface area contributed by atoms with Gasteiger partial charge in [0, 0.05) is 19.3 Å². The van der Waals surface area contributed by atoms with Crippen molar-refractivity contribution < 1.29 is 28.6 Å². The smallest absolute Gasteiger partial charge is 0.306 e. The monoisotopic (exact) mass is 947 g/mol. The molecule has 0 aliphatic rings. The molecule has 0 radical (unpaired) electrons. The lowest BCUT2D eigenvalue weighted by molar-refractivity contribution is -0.167. The zero-order valence-corrected chi connectivity index (χ0v) is 45.7. The number of ether oxygens (including phenoxy) is 3. The van der Waals surface area contributed by atoms with Crippen molar-refractivity contribution in [3.63, 3.8) is 0 Å². The van der Waals surface area contributed by atoms with Gasteiger partial charge < -0.3 is 14.2 Å². The number of carbonyl (C=O) groups is 3. The fourth-order valence-corrected chi connectivity index (χ4v) is 9.51. The Morgan fingerprint density at radius 1 is 0.239 bits per heavy atom. The Balaban J connectivity index is 3.75. The molecule has 0 fully saturated rings. The third-order valence-corrected chi connectivity index (χ3v) is 14.1. The van der Waals surface area contributed by atoms with Crippen molar-refractivity contribution in [3.8, 4) is 0 Å². The van der Waals surface area contributed by atoms with E-state index < -0.39 is 6.10 Å². The van der Waals surface area contributed by atoms with E-state index in [9.17, 15) is 14.4 Å². The Hall–Kier alpha value is -1.59. The van der Waals surface area contributed by atoms with Gasteiger partial charge in [0.15, 0.2) is 6.10 Å². The first-order valence-electron chi connectivity index (χ1n) is 30.5. The average molecular weight is 948 g/mol. The van der Waals surface area contributed by atoms with Crippen LogP contribution >= 0.6 is 0 Å². The first-order valence-corrected chi connectivity index (χ1v) is 30.5. The summed E-state index contributed by atoms with van der Waals surface area (Å²) in [7, 11) is 0. The van der Waals surface area contributed by atoms with E-state index in [1.54, 1.807) is 0 Å². The Morgan fingerprint density at radius 2 is 0.403 bits per heavy atom. The predicted molar refractivity (Wildman–Crippen MR) is 289 cm³/mol. The molecule has 1 atom stereocenters. The van der Waals surface area contributed by atoms with Gasteiger partial charge in [-0.25, -0.2) is 0 Å². The van der Waals surface area contributed by atoms with E-state index in [-0.39, 0.29) is 31.1 Å². The molecule has 0 saturated carbocycles. The van der Waals surface area contributed by atoms with Crippen molar-refractivity contribution in [2.45, 2.75) is 361 Å². The van der Waals surface area contributed by atoms with Gasteiger partial charge in [-0.1, -0.05) is 316 Å². The number of unbranched alkanes of at least 4 members (excludes halogenated alkanes) is 46. The van der Waals surface area contributed by atoms with E-state index in [0.717, 1.165) is 57.8 Å². The number of hydrogen-bond donors (Lipinski definition) is 0. The van der Waals surface area contributed by atoms with Gasteiger partial charge >= 0.3 is 17.9 Å². The summed E-state index contributed by atoms with van der Waals surface area (Å²) >= 11 is 0. The quantitative estimate of drug-likeness (QED) is 0.0343. The highest BCUT2D eigenvalue weighted by atomic mass is 16.6. The highest BCUT2D eigenvalue weighted by Crippen LogP contribution is 2.18. The Kier molecular flexibility index (Phi) is 55.6. The second kappa shape index (κ2) is 57.0. The molecular weight excluding hydrogens is 829 g/mol. The molecular formula is C61H118O6. The zero-order chi connectivity index (χ0) is 48.6. The molecule has 6 heteroatoms. The largest absolute Gasteiger partial charge is 0.462 e. The van der Waals surface area contributed by atoms with Gasteiger partial charge in [0.2, 0.25) is 0 Å². The molecule has 398 valence electrons. The third-order valence-electron chi connectivity index (χ3n) is 14.1. The number of rotatable bonds is 57. The van der Waals surface area contributed by atoms with Crippen LogP contribution in [0.4, 0.5) is 0 Å². The molecule has 67 heavy (non-hydrogen) atoms. The summed E-state index contributed by atoms with van der Waals surface area (Å²) in [6.07, 6.45) is 64.7. The highest BCUT2D eigenvalue weighted by molar-refractivity contribution is 5.71. The molecule has 0 N–H and O–H groups in total. The molecule has 0 rings (SSSR count). The molecule has 0 aromatic rings. The van der Waals surface area contributed by atoms with Crippen molar-refractivity contribution in [2.75, 3.05) is 13.2 Å². The van der Waals surface area contributed by atoms with Crippen LogP contribution < -0.4 is 0 Å². The molecule has 0 heterocycles. The van der Waals surface area contributed by atoms with E-state index in [1.165, 1.54) is 257 Å². The summed E-state index contributed by atoms with van der Waals surface area (Å²) in [6.45, 7) is 6.61. The van der Waals surface area contributed by atoms with Gasteiger partial charge in [-0.3, -0.25) is 14.4 Å². The van der Waals surface area contributed by atoms with Crippen LogP contribution in [-0.4, -0.2) is 37.2 Å². The summed E-state index contributed by atoms with van der Waals surface area (Å²) in [6, 6.07) is 0. The zero-order valence-electron chi connectivity index (χ0n) is 45.7. The highest BCUT2D eigenvalue weighted by Gasteiger charge is 2.19. The molecule has 0 aromatic carbocycles. The van der Waals surface area contributed by atoms with Gasteiger partial charge in [0.05, 0.1) is 0 Å². The number of carbonyl (C=O) groups excluding carboxylic acids is 3. The number of esters is 3. The molecule has 0 bridgehead atoms. The van der Waals surface area contributed by atoms with Crippen molar-refractivity contribution in [1.82, 2.24) is 0 Å². The molecule has 6 nitrogen and oxygen atoms in total. The fourth-order valence-electron chi connectivity index (χ4n) is 9.51. The molecule has 0 saturated heterocycles. The Bertz CT molecular complexity index is 998. The lowest BCUT2D eigenvalue weighted by Gasteiger charge is -2.18. The fraction of sp³-hybridized carbons (Fsp3) is 0.951. The minimum Gasteiger partial charge on any atom is -0.462 e. The van der Waals surface area contributed by atoms with Crippen molar-refractivity contribution in [1.29, 1.82) is 0 Å². The number of hydrogen-bond acceptors (Lipinski definition) is 6. The molecule has 0 aromatic heterocycles. The van der Waals surface area contributed by atoms with E-state index in [4.69, 9.17) is 14.2 Å². The van der Waals surface area contributed by atoms with E-state index in [0.29, 0.717) is 19.3 Å². The van der Waals surface area contributed by atoms with Gasteiger partial charge in [-0.15, -0.1) is 0 Å². The van der Waals surface area contributed by atoms with Crippen LogP contribution in [0, 0.1) is 0 Å². The van der Waals surface area contributed by atoms with E-state index in [2.05, 4.69) is 20.8 Å². The summed E-state index contributed by atoms with van der Waals surface area (Å²) in [5, 5.41) is 0. The van der Waals surface area contributed by atoms with E-state index in [1.807, 2.05) is 0 Å². The van der Waals surface area contributed by atoms with Gasteiger partial charge in [-0.05, 0) is 19.3 Å². The normalized spacial score (nSPS) is 11.9. The minimum atomic E-state index is -0.758. The third kappa shape index (κ3) is 55.2. The van der Waals surface area contributed by atoms with Crippen molar-refractivity contribution in [3.05, 3.63) is 0 Å². The van der Waals surface area contributed by atoms with Crippen LogP contribution in [0.2, 0.25) is 0 Å². The summed E-state index contributed by atoms with van der Waals surface area (Å²) in [4.78, 5) is 37.7. The SMILES string of the molecule is CCCCCCCCCCCCCCCCCCCCCCCCCCCCCCCCCCCCC(=O)OCC(COC(=O)CCCCCCCC)OC(=O)CCCCCCCCCCC. The average Bonchev–Trinajstić information content (AvgIpc) is 3.33. The lowest BCUT2D eigenvalue weighted by Crippen LogP contribution is -2.30. The maximum atomic E-state index is 12.7. The molecule has 0 aliphatic heterocycles. The maximum absolute atomic E-state index is 12.7. The van der Waals surface area contributed by atoms with Crippen LogP contribution in [0.1, 0.15) is 355 Å². The molecule has 1 unspecified atom stereocenters. The molecule has 0 spiro atoms. The van der Waals surface area contributed by atoms with Crippen molar-refractivity contribution >= 4 is 17.9 Å². The lowest BCUT2D eigenvalue weighted by atomic mass is 10.0. The Labute approximate surface area is 418 Å². The first-order chi connectivity index (χ1) is 33.0. The van der Waals surface area contributed by atoms with Crippen LogP contribution in [0.25, 0.3) is 0 Å². The topological polar surface area (TPSA) is 78.9 Å². The van der Waals surface area contributed by atoms with Gasteiger partial charge in [0.1, 0.15) is 13.2 Å². The van der Waals surface area contributed by atoms with Gasteiger partial charge in [-0.2, -0.15) is 0 Å². The maximum Gasteiger partial charge on any atom is 0.306 e. The second-order valence-corrected chi connectivity index (χ2v) is 21.0. The molecule has 0 aliphatic carbocycles. The van der Waals surface area contributed by atoms with Crippen LogP contribution in [0.15, 0.2) is 0 Å².